The van der Waals surface area contributed by atoms with Gasteiger partial charge in [-0.1, -0.05) is 24.6 Å². The first kappa shape index (κ1) is 15.7. The first-order valence-corrected chi connectivity index (χ1v) is 7.03. The molecule has 2 aromatic rings. The molecule has 0 amide bonds. The van der Waals surface area contributed by atoms with Crippen molar-refractivity contribution < 1.29 is 13.5 Å². The minimum absolute atomic E-state index is 0.0565. The largest absolute Gasteiger partial charge is 0.487 e. The normalized spacial score (nSPS) is 10.7. The zero-order chi connectivity index (χ0) is 15.2. The van der Waals surface area contributed by atoms with E-state index in [1.165, 1.54) is 12.1 Å². The van der Waals surface area contributed by atoms with E-state index in [1.54, 1.807) is 6.07 Å². The smallest absolute Gasteiger partial charge is 0.138 e. The van der Waals surface area contributed by atoms with Crippen LogP contribution in [0.25, 0.3) is 0 Å². The van der Waals surface area contributed by atoms with Gasteiger partial charge in [0.05, 0.1) is 5.02 Å². The summed E-state index contributed by atoms with van der Waals surface area (Å²) in [6, 6.07) is 8.76. The van der Waals surface area contributed by atoms with Crippen molar-refractivity contribution in [3.05, 3.63) is 64.2 Å². The van der Waals surface area contributed by atoms with Gasteiger partial charge in [0.2, 0.25) is 0 Å². The Balaban J connectivity index is 2.02. The lowest BCUT2D eigenvalue weighted by Gasteiger charge is -2.10. The Kier molecular flexibility index (Phi) is 5.53. The summed E-state index contributed by atoms with van der Waals surface area (Å²) in [5.74, 6) is -0.761. The fraction of sp³-hybridized carbons (Fsp3) is 0.250. The van der Waals surface area contributed by atoms with E-state index in [0.29, 0.717) is 16.3 Å². The third-order valence-corrected chi connectivity index (χ3v) is 3.19. The molecule has 112 valence electrons. The van der Waals surface area contributed by atoms with Gasteiger partial charge in [-0.2, -0.15) is 0 Å². The standard InChI is InChI=1S/C16H16ClF2NO/c1-2-20-9-11-3-4-16(15(17)7-11)21-10-12-5-13(18)8-14(19)6-12/h3-8,20H,2,9-10H2,1H3. The molecule has 2 rings (SSSR count). The summed E-state index contributed by atoms with van der Waals surface area (Å²) >= 11 is 6.14. The molecule has 1 N–H and O–H groups in total. The lowest BCUT2D eigenvalue weighted by molar-refractivity contribution is 0.305. The zero-order valence-electron chi connectivity index (χ0n) is 11.6. The minimum atomic E-state index is -0.624. The maximum absolute atomic E-state index is 13.1. The molecule has 0 saturated carbocycles. The quantitative estimate of drug-likeness (QED) is 0.858. The summed E-state index contributed by atoms with van der Waals surface area (Å²) in [5.41, 5.74) is 1.46. The number of benzene rings is 2. The Morgan fingerprint density at radius 3 is 2.38 bits per heavy atom. The number of rotatable bonds is 6. The Hall–Kier alpha value is -1.65. The number of hydrogen-bond acceptors (Lipinski definition) is 2. The van der Waals surface area contributed by atoms with Crippen molar-refractivity contribution in [1.82, 2.24) is 5.32 Å². The van der Waals surface area contributed by atoms with Gasteiger partial charge in [-0.3, -0.25) is 0 Å². The second kappa shape index (κ2) is 7.38. The fourth-order valence-electron chi connectivity index (χ4n) is 1.90. The Morgan fingerprint density at radius 2 is 1.76 bits per heavy atom. The van der Waals surface area contributed by atoms with E-state index in [0.717, 1.165) is 24.7 Å². The molecule has 0 radical (unpaired) electrons. The molecule has 0 atom stereocenters. The van der Waals surface area contributed by atoms with E-state index in [4.69, 9.17) is 16.3 Å². The van der Waals surface area contributed by atoms with Gasteiger partial charge in [0, 0.05) is 12.6 Å². The van der Waals surface area contributed by atoms with E-state index in [9.17, 15) is 8.78 Å². The molecule has 0 aliphatic heterocycles. The second-order valence-electron chi connectivity index (χ2n) is 4.61. The molecule has 0 saturated heterocycles. The number of hydrogen-bond donors (Lipinski definition) is 1. The summed E-state index contributed by atoms with van der Waals surface area (Å²) in [6.45, 7) is 3.69. The van der Waals surface area contributed by atoms with E-state index in [1.807, 2.05) is 19.1 Å². The van der Waals surface area contributed by atoms with Gasteiger partial charge in [0.15, 0.2) is 0 Å². The van der Waals surface area contributed by atoms with Gasteiger partial charge in [0.25, 0.3) is 0 Å². The van der Waals surface area contributed by atoms with Crippen LogP contribution in [0.5, 0.6) is 5.75 Å². The topological polar surface area (TPSA) is 21.3 Å². The van der Waals surface area contributed by atoms with Crippen LogP contribution in [0.4, 0.5) is 8.78 Å². The van der Waals surface area contributed by atoms with Crippen LogP contribution in [0.1, 0.15) is 18.1 Å². The van der Waals surface area contributed by atoms with E-state index in [2.05, 4.69) is 5.32 Å². The highest BCUT2D eigenvalue weighted by Gasteiger charge is 2.05. The molecular formula is C16H16ClF2NO. The van der Waals surface area contributed by atoms with Crippen LogP contribution in [-0.4, -0.2) is 6.54 Å². The van der Waals surface area contributed by atoms with Crippen LogP contribution in [0.15, 0.2) is 36.4 Å². The van der Waals surface area contributed by atoms with Gasteiger partial charge < -0.3 is 10.1 Å². The minimum Gasteiger partial charge on any atom is -0.487 e. The summed E-state index contributed by atoms with van der Waals surface area (Å²) < 4.78 is 31.7. The van der Waals surface area contributed by atoms with Crippen molar-refractivity contribution in [3.63, 3.8) is 0 Å². The van der Waals surface area contributed by atoms with Crippen LogP contribution >= 0.6 is 11.6 Å². The fourth-order valence-corrected chi connectivity index (χ4v) is 2.15. The van der Waals surface area contributed by atoms with Gasteiger partial charge in [-0.15, -0.1) is 0 Å². The van der Waals surface area contributed by atoms with Crippen LogP contribution in [0.2, 0.25) is 5.02 Å². The molecule has 0 spiro atoms. The van der Waals surface area contributed by atoms with Crippen molar-refractivity contribution in [2.45, 2.75) is 20.1 Å². The third-order valence-electron chi connectivity index (χ3n) is 2.89. The SMILES string of the molecule is CCNCc1ccc(OCc2cc(F)cc(F)c2)c(Cl)c1. The maximum Gasteiger partial charge on any atom is 0.138 e. The molecule has 5 heteroatoms. The summed E-state index contributed by atoms with van der Waals surface area (Å²) in [7, 11) is 0. The summed E-state index contributed by atoms with van der Waals surface area (Å²) in [4.78, 5) is 0. The molecule has 0 aliphatic carbocycles. The molecule has 21 heavy (non-hydrogen) atoms. The molecule has 0 heterocycles. The zero-order valence-corrected chi connectivity index (χ0v) is 12.4. The monoisotopic (exact) mass is 311 g/mol. The molecule has 2 nitrogen and oxygen atoms in total. The van der Waals surface area contributed by atoms with Crippen LogP contribution in [0.3, 0.4) is 0 Å². The van der Waals surface area contributed by atoms with Crippen LogP contribution in [-0.2, 0) is 13.2 Å². The number of halogens is 3. The van der Waals surface area contributed by atoms with Crippen molar-refractivity contribution in [2.24, 2.45) is 0 Å². The number of ether oxygens (including phenoxy) is 1. The molecular weight excluding hydrogens is 296 g/mol. The highest BCUT2D eigenvalue weighted by atomic mass is 35.5. The Morgan fingerprint density at radius 1 is 1.05 bits per heavy atom. The first-order valence-electron chi connectivity index (χ1n) is 6.65. The van der Waals surface area contributed by atoms with Gasteiger partial charge in [0.1, 0.15) is 24.0 Å². The summed E-state index contributed by atoms with van der Waals surface area (Å²) in [5, 5.41) is 3.67. The predicted octanol–water partition coefficient (Wildman–Crippen LogP) is 4.31. The third kappa shape index (κ3) is 4.69. The highest BCUT2D eigenvalue weighted by molar-refractivity contribution is 6.32. The second-order valence-corrected chi connectivity index (χ2v) is 5.02. The molecule has 2 aromatic carbocycles. The average Bonchev–Trinajstić information content (AvgIpc) is 2.43. The van der Waals surface area contributed by atoms with Gasteiger partial charge >= 0.3 is 0 Å². The highest BCUT2D eigenvalue weighted by Crippen LogP contribution is 2.26. The Bertz CT molecular complexity index is 599. The first-order chi connectivity index (χ1) is 10.1. The maximum atomic E-state index is 13.1. The predicted molar refractivity (Wildman–Crippen MR) is 79.5 cm³/mol. The van der Waals surface area contributed by atoms with E-state index >= 15 is 0 Å². The van der Waals surface area contributed by atoms with Gasteiger partial charge in [-0.25, -0.2) is 8.78 Å². The Labute approximate surface area is 127 Å². The lowest BCUT2D eigenvalue weighted by atomic mass is 10.2. The lowest BCUT2D eigenvalue weighted by Crippen LogP contribution is -2.11. The molecule has 0 aliphatic rings. The van der Waals surface area contributed by atoms with E-state index in [-0.39, 0.29) is 6.61 Å². The average molecular weight is 312 g/mol. The van der Waals surface area contributed by atoms with E-state index < -0.39 is 11.6 Å². The van der Waals surface area contributed by atoms with Crippen LogP contribution < -0.4 is 10.1 Å². The molecule has 0 bridgehead atoms. The molecule has 0 aromatic heterocycles. The van der Waals surface area contributed by atoms with Crippen molar-refractivity contribution in [2.75, 3.05) is 6.54 Å². The number of nitrogens with one attached hydrogen (secondary N) is 1. The summed E-state index contributed by atoms with van der Waals surface area (Å²) in [6.07, 6.45) is 0. The van der Waals surface area contributed by atoms with Crippen molar-refractivity contribution in [3.8, 4) is 5.75 Å². The molecule has 0 fully saturated rings. The van der Waals surface area contributed by atoms with Crippen molar-refractivity contribution >= 4 is 11.6 Å². The van der Waals surface area contributed by atoms with Crippen molar-refractivity contribution in [1.29, 1.82) is 0 Å². The van der Waals surface area contributed by atoms with Crippen LogP contribution in [0, 0.1) is 11.6 Å². The van der Waals surface area contributed by atoms with Gasteiger partial charge in [-0.05, 0) is 41.9 Å². The molecule has 0 unspecified atom stereocenters.